The van der Waals surface area contributed by atoms with Crippen LogP contribution >= 0.6 is 11.6 Å². The SMILES string of the molecule is Cc1cc(C)nc(-c2cc(C)c(Cl)c(C)c2)c1. The number of nitrogens with zero attached hydrogens (tertiary/aromatic N) is 1. The molecule has 0 radical (unpaired) electrons. The summed E-state index contributed by atoms with van der Waals surface area (Å²) >= 11 is 6.18. The fraction of sp³-hybridized carbons (Fsp3) is 0.267. The average molecular weight is 246 g/mol. The number of hydrogen-bond acceptors (Lipinski definition) is 1. The molecule has 88 valence electrons. The van der Waals surface area contributed by atoms with E-state index in [1.807, 2.05) is 20.8 Å². The minimum absolute atomic E-state index is 0.845. The molecule has 0 fully saturated rings. The van der Waals surface area contributed by atoms with Crippen molar-refractivity contribution in [3.05, 3.63) is 51.7 Å². The third-order valence-electron chi connectivity index (χ3n) is 2.83. The second kappa shape index (κ2) is 4.50. The summed E-state index contributed by atoms with van der Waals surface area (Å²) in [6.07, 6.45) is 0. The highest BCUT2D eigenvalue weighted by molar-refractivity contribution is 6.32. The van der Waals surface area contributed by atoms with Gasteiger partial charge in [-0.15, -0.1) is 0 Å². The van der Waals surface area contributed by atoms with Crippen molar-refractivity contribution in [3.8, 4) is 11.3 Å². The van der Waals surface area contributed by atoms with Gasteiger partial charge in [-0.3, -0.25) is 4.98 Å². The van der Waals surface area contributed by atoms with Crippen molar-refractivity contribution >= 4 is 11.6 Å². The largest absolute Gasteiger partial charge is 0.253 e. The molecule has 0 saturated heterocycles. The first-order valence-electron chi connectivity index (χ1n) is 5.70. The van der Waals surface area contributed by atoms with Gasteiger partial charge in [0.1, 0.15) is 0 Å². The third kappa shape index (κ3) is 2.50. The Morgan fingerprint density at radius 2 is 1.47 bits per heavy atom. The minimum atomic E-state index is 0.845. The number of hydrogen-bond donors (Lipinski definition) is 0. The normalized spacial score (nSPS) is 10.6. The monoisotopic (exact) mass is 245 g/mol. The molecule has 1 aromatic heterocycles. The first-order chi connectivity index (χ1) is 7.97. The van der Waals surface area contributed by atoms with Gasteiger partial charge in [-0.2, -0.15) is 0 Å². The minimum Gasteiger partial charge on any atom is -0.253 e. The molecule has 2 heteroatoms. The van der Waals surface area contributed by atoms with Crippen LogP contribution in [0.1, 0.15) is 22.4 Å². The van der Waals surface area contributed by atoms with Gasteiger partial charge in [0.25, 0.3) is 0 Å². The van der Waals surface area contributed by atoms with E-state index in [4.69, 9.17) is 11.6 Å². The number of aromatic nitrogens is 1. The second-order valence-corrected chi connectivity index (χ2v) is 4.97. The average Bonchev–Trinajstić information content (AvgIpc) is 2.23. The molecule has 17 heavy (non-hydrogen) atoms. The maximum absolute atomic E-state index is 6.18. The van der Waals surface area contributed by atoms with Gasteiger partial charge in [0.05, 0.1) is 5.69 Å². The van der Waals surface area contributed by atoms with Crippen LogP contribution in [0.3, 0.4) is 0 Å². The molecule has 0 aliphatic heterocycles. The topological polar surface area (TPSA) is 12.9 Å². The Morgan fingerprint density at radius 1 is 0.882 bits per heavy atom. The number of benzene rings is 1. The quantitative estimate of drug-likeness (QED) is 0.714. The summed E-state index contributed by atoms with van der Waals surface area (Å²) in [4.78, 5) is 4.57. The molecule has 0 amide bonds. The van der Waals surface area contributed by atoms with E-state index in [0.29, 0.717) is 0 Å². The van der Waals surface area contributed by atoms with Crippen molar-refractivity contribution in [2.75, 3.05) is 0 Å². The van der Waals surface area contributed by atoms with Gasteiger partial charge < -0.3 is 0 Å². The fourth-order valence-electron chi connectivity index (χ4n) is 2.08. The maximum atomic E-state index is 6.18. The Hall–Kier alpha value is -1.34. The van der Waals surface area contributed by atoms with Crippen LogP contribution in [-0.4, -0.2) is 4.98 Å². The number of rotatable bonds is 1. The molecule has 1 heterocycles. The molecule has 0 N–H and O–H groups in total. The highest BCUT2D eigenvalue weighted by Gasteiger charge is 2.06. The van der Waals surface area contributed by atoms with Crippen molar-refractivity contribution in [1.82, 2.24) is 4.98 Å². The van der Waals surface area contributed by atoms with Crippen molar-refractivity contribution in [2.45, 2.75) is 27.7 Å². The molecule has 0 aliphatic carbocycles. The molecular weight excluding hydrogens is 230 g/mol. The van der Waals surface area contributed by atoms with E-state index in [0.717, 1.165) is 33.1 Å². The predicted molar refractivity (Wildman–Crippen MR) is 73.6 cm³/mol. The summed E-state index contributed by atoms with van der Waals surface area (Å²) in [5.41, 5.74) is 6.63. The molecule has 0 atom stereocenters. The molecule has 0 bridgehead atoms. The van der Waals surface area contributed by atoms with Gasteiger partial charge in [-0.1, -0.05) is 11.6 Å². The highest BCUT2D eigenvalue weighted by atomic mass is 35.5. The molecule has 1 aromatic carbocycles. The summed E-state index contributed by atoms with van der Waals surface area (Å²) < 4.78 is 0. The lowest BCUT2D eigenvalue weighted by molar-refractivity contribution is 1.18. The Morgan fingerprint density at radius 3 is 2.00 bits per heavy atom. The summed E-state index contributed by atoms with van der Waals surface area (Å²) in [7, 11) is 0. The standard InChI is InChI=1S/C15H16ClN/c1-9-5-12(4)17-14(6-9)13-7-10(2)15(16)11(3)8-13/h5-8H,1-4H3. The van der Waals surface area contributed by atoms with Gasteiger partial charge in [0.15, 0.2) is 0 Å². The van der Waals surface area contributed by atoms with Crippen LogP contribution in [0.5, 0.6) is 0 Å². The van der Waals surface area contributed by atoms with E-state index in [1.54, 1.807) is 0 Å². The Labute approximate surface area is 107 Å². The zero-order chi connectivity index (χ0) is 12.6. The van der Waals surface area contributed by atoms with Crippen LogP contribution in [-0.2, 0) is 0 Å². The van der Waals surface area contributed by atoms with Gasteiger partial charge in [0, 0.05) is 16.3 Å². The number of halogens is 1. The van der Waals surface area contributed by atoms with Crippen LogP contribution in [0, 0.1) is 27.7 Å². The molecule has 1 nitrogen and oxygen atoms in total. The second-order valence-electron chi connectivity index (χ2n) is 4.60. The smallest absolute Gasteiger partial charge is 0.0708 e. The van der Waals surface area contributed by atoms with E-state index < -0.39 is 0 Å². The predicted octanol–water partition coefficient (Wildman–Crippen LogP) is 4.64. The Balaban J connectivity index is 2.60. The van der Waals surface area contributed by atoms with E-state index >= 15 is 0 Å². The van der Waals surface area contributed by atoms with Gasteiger partial charge in [0.2, 0.25) is 0 Å². The van der Waals surface area contributed by atoms with Crippen LogP contribution in [0.4, 0.5) is 0 Å². The van der Waals surface area contributed by atoms with E-state index in [2.05, 4.69) is 36.2 Å². The summed E-state index contributed by atoms with van der Waals surface area (Å²) in [5.74, 6) is 0. The fourth-order valence-corrected chi connectivity index (χ4v) is 2.19. The summed E-state index contributed by atoms with van der Waals surface area (Å²) in [5, 5.41) is 0.845. The number of pyridine rings is 1. The zero-order valence-corrected chi connectivity index (χ0v) is 11.4. The van der Waals surface area contributed by atoms with Gasteiger partial charge >= 0.3 is 0 Å². The van der Waals surface area contributed by atoms with Crippen LogP contribution in [0.15, 0.2) is 24.3 Å². The summed E-state index contributed by atoms with van der Waals surface area (Å²) in [6, 6.07) is 8.38. The third-order valence-corrected chi connectivity index (χ3v) is 3.43. The molecule has 0 saturated carbocycles. The lowest BCUT2D eigenvalue weighted by atomic mass is 10.0. The lowest BCUT2D eigenvalue weighted by Crippen LogP contribution is -1.91. The summed E-state index contributed by atoms with van der Waals surface area (Å²) in [6.45, 7) is 8.17. The van der Waals surface area contributed by atoms with Gasteiger partial charge in [-0.05, 0) is 68.7 Å². The molecule has 2 aromatic rings. The van der Waals surface area contributed by atoms with Crippen LogP contribution < -0.4 is 0 Å². The molecular formula is C15H16ClN. The van der Waals surface area contributed by atoms with E-state index in [1.165, 1.54) is 5.56 Å². The van der Waals surface area contributed by atoms with E-state index in [-0.39, 0.29) is 0 Å². The van der Waals surface area contributed by atoms with Crippen molar-refractivity contribution < 1.29 is 0 Å². The number of aryl methyl sites for hydroxylation is 4. The molecule has 0 spiro atoms. The first-order valence-corrected chi connectivity index (χ1v) is 6.07. The van der Waals surface area contributed by atoms with Crippen LogP contribution in [0.2, 0.25) is 5.02 Å². The van der Waals surface area contributed by atoms with Crippen molar-refractivity contribution in [2.24, 2.45) is 0 Å². The maximum Gasteiger partial charge on any atom is 0.0708 e. The van der Waals surface area contributed by atoms with Gasteiger partial charge in [-0.25, -0.2) is 0 Å². The first kappa shape index (κ1) is 12.1. The van der Waals surface area contributed by atoms with Crippen molar-refractivity contribution in [3.63, 3.8) is 0 Å². The van der Waals surface area contributed by atoms with E-state index in [9.17, 15) is 0 Å². The Kier molecular flexibility index (Phi) is 3.21. The lowest BCUT2D eigenvalue weighted by Gasteiger charge is -2.09. The molecule has 2 rings (SSSR count). The highest BCUT2D eigenvalue weighted by Crippen LogP contribution is 2.27. The zero-order valence-electron chi connectivity index (χ0n) is 10.6. The Bertz CT molecular complexity index is 530. The van der Waals surface area contributed by atoms with Crippen LogP contribution in [0.25, 0.3) is 11.3 Å². The van der Waals surface area contributed by atoms with Crippen molar-refractivity contribution in [1.29, 1.82) is 0 Å². The molecule has 0 unspecified atom stereocenters. The molecule has 0 aliphatic rings.